The van der Waals surface area contributed by atoms with Crippen LogP contribution in [0.25, 0.3) is 0 Å². The van der Waals surface area contributed by atoms with Crippen LogP contribution in [0.1, 0.15) is 29.8 Å². The average Bonchev–Trinajstić information content (AvgIpc) is 2.25. The number of carbonyl (C=O) groups is 2. The number of carboxylic acid groups (broad SMARTS) is 1. The topological polar surface area (TPSA) is 66.4 Å². The van der Waals surface area contributed by atoms with E-state index in [1.54, 1.807) is 26.0 Å². The second-order valence-electron chi connectivity index (χ2n) is 4.83. The fourth-order valence-corrected chi connectivity index (χ4v) is 1.83. The molecular weight excluding hydrogens is 298 g/mol. The molecule has 5 heteroatoms. The van der Waals surface area contributed by atoms with Gasteiger partial charge in [-0.2, -0.15) is 0 Å². The van der Waals surface area contributed by atoms with Crippen LogP contribution in [0.4, 0.5) is 0 Å². The number of benzene rings is 1. The lowest BCUT2D eigenvalue weighted by Crippen LogP contribution is -2.39. The molecule has 0 spiro atoms. The summed E-state index contributed by atoms with van der Waals surface area (Å²) in [6.45, 7) is 5.08. The van der Waals surface area contributed by atoms with Crippen molar-refractivity contribution < 1.29 is 14.7 Å². The van der Waals surface area contributed by atoms with Gasteiger partial charge in [0.05, 0.1) is 5.41 Å². The van der Waals surface area contributed by atoms with Gasteiger partial charge in [0.25, 0.3) is 5.91 Å². The van der Waals surface area contributed by atoms with Gasteiger partial charge in [-0.15, -0.1) is 0 Å². The van der Waals surface area contributed by atoms with Gasteiger partial charge in [0.2, 0.25) is 0 Å². The number of carbonyl (C=O) groups excluding carboxylic acids is 1. The summed E-state index contributed by atoms with van der Waals surface area (Å²) in [4.78, 5) is 22.9. The van der Waals surface area contributed by atoms with Crippen molar-refractivity contribution in [1.82, 2.24) is 5.32 Å². The van der Waals surface area contributed by atoms with E-state index >= 15 is 0 Å². The van der Waals surface area contributed by atoms with E-state index in [4.69, 9.17) is 5.11 Å². The van der Waals surface area contributed by atoms with E-state index < -0.39 is 11.4 Å². The summed E-state index contributed by atoms with van der Waals surface area (Å²) < 4.78 is 0.905. The van der Waals surface area contributed by atoms with E-state index in [9.17, 15) is 9.59 Å². The van der Waals surface area contributed by atoms with Crippen LogP contribution in [0.5, 0.6) is 0 Å². The Labute approximate surface area is 115 Å². The van der Waals surface area contributed by atoms with Gasteiger partial charge in [-0.1, -0.05) is 15.9 Å². The van der Waals surface area contributed by atoms with Crippen LogP contribution in [0.2, 0.25) is 0 Å². The van der Waals surface area contributed by atoms with E-state index in [-0.39, 0.29) is 12.5 Å². The van der Waals surface area contributed by atoms with Crippen molar-refractivity contribution in [3.05, 3.63) is 33.8 Å². The molecular formula is C13H16BrNO3. The fraction of sp³-hybridized carbons (Fsp3) is 0.385. The van der Waals surface area contributed by atoms with Gasteiger partial charge >= 0.3 is 5.97 Å². The van der Waals surface area contributed by atoms with E-state index in [2.05, 4.69) is 21.2 Å². The van der Waals surface area contributed by atoms with E-state index in [1.165, 1.54) is 0 Å². The van der Waals surface area contributed by atoms with Gasteiger partial charge < -0.3 is 10.4 Å². The maximum absolute atomic E-state index is 11.9. The monoisotopic (exact) mass is 313 g/mol. The molecule has 1 amide bonds. The largest absolute Gasteiger partial charge is 0.481 e. The molecule has 4 nitrogen and oxygen atoms in total. The van der Waals surface area contributed by atoms with Gasteiger partial charge in [0, 0.05) is 16.6 Å². The summed E-state index contributed by atoms with van der Waals surface area (Å²) in [5.41, 5.74) is 0.424. The van der Waals surface area contributed by atoms with Crippen LogP contribution in [0.3, 0.4) is 0 Å². The van der Waals surface area contributed by atoms with Gasteiger partial charge in [0.15, 0.2) is 0 Å². The molecule has 0 aliphatic rings. The summed E-state index contributed by atoms with van der Waals surface area (Å²) in [5, 5.41) is 11.6. The fourth-order valence-electron chi connectivity index (χ4n) is 1.35. The Morgan fingerprint density at radius 3 is 2.50 bits per heavy atom. The van der Waals surface area contributed by atoms with Crippen LogP contribution in [0, 0.1) is 12.3 Å². The zero-order chi connectivity index (χ0) is 13.9. The highest BCUT2D eigenvalue weighted by Gasteiger charge is 2.27. The van der Waals surface area contributed by atoms with Gasteiger partial charge in [-0.05, 0) is 44.5 Å². The molecule has 0 saturated carbocycles. The van der Waals surface area contributed by atoms with Crippen molar-refractivity contribution in [1.29, 1.82) is 0 Å². The predicted molar refractivity (Wildman–Crippen MR) is 72.6 cm³/mol. The zero-order valence-corrected chi connectivity index (χ0v) is 12.2. The molecule has 0 aliphatic carbocycles. The molecule has 0 aromatic heterocycles. The molecule has 0 aliphatic heterocycles. The Hall–Kier alpha value is -1.36. The molecule has 0 heterocycles. The third-order valence-electron chi connectivity index (χ3n) is 2.70. The van der Waals surface area contributed by atoms with Crippen LogP contribution in [-0.4, -0.2) is 23.5 Å². The van der Waals surface area contributed by atoms with Gasteiger partial charge in [-0.25, -0.2) is 0 Å². The molecule has 0 fully saturated rings. The number of aryl methyl sites for hydroxylation is 1. The number of aliphatic carboxylic acids is 1. The first-order chi connectivity index (χ1) is 8.24. The quantitative estimate of drug-likeness (QED) is 0.898. The minimum atomic E-state index is -0.973. The minimum Gasteiger partial charge on any atom is -0.481 e. The van der Waals surface area contributed by atoms with Crippen LogP contribution in [-0.2, 0) is 4.79 Å². The summed E-state index contributed by atoms with van der Waals surface area (Å²) in [5.74, 6) is -1.19. The highest BCUT2D eigenvalue weighted by atomic mass is 79.9. The second-order valence-corrected chi connectivity index (χ2v) is 5.75. The molecule has 1 aromatic rings. The van der Waals surface area contributed by atoms with Crippen molar-refractivity contribution in [2.24, 2.45) is 5.41 Å². The lowest BCUT2D eigenvalue weighted by atomic mass is 9.93. The molecule has 0 bridgehead atoms. The molecule has 0 saturated heterocycles. The second kappa shape index (κ2) is 5.52. The van der Waals surface area contributed by atoms with Crippen molar-refractivity contribution in [2.45, 2.75) is 20.8 Å². The lowest BCUT2D eigenvalue weighted by molar-refractivity contribution is -0.146. The van der Waals surface area contributed by atoms with Crippen molar-refractivity contribution >= 4 is 27.8 Å². The SMILES string of the molecule is Cc1cc(Br)ccc1C(=O)NCC(C)(C)C(=O)O. The third kappa shape index (κ3) is 3.57. The predicted octanol–water partition coefficient (Wildman–Crippen LogP) is 2.60. The first kappa shape index (κ1) is 14.7. The smallest absolute Gasteiger partial charge is 0.310 e. The summed E-state index contributed by atoms with van der Waals surface area (Å²) in [6.07, 6.45) is 0. The van der Waals surface area contributed by atoms with E-state index in [0.717, 1.165) is 10.0 Å². The number of halogens is 1. The Morgan fingerprint density at radius 2 is 2.00 bits per heavy atom. The molecule has 1 rings (SSSR count). The standard InChI is InChI=1S/C13H16BrNO3/c1-8-6-9(14)4-5-10(8)11(16)15-7-13(2,3)12(17)18/h4-6H,7H2,1-3H3,(H,15,16)(H,17,18). The van der Waals surface area contributed by atoms with E-state index in [0.29, 0.717) is 5.56 Å². The van der Waals surface area contributed by atoms with Crippen molar-refractivity contribution in [2.75, 3.05) is 6.54 Å². The molecule has 18 heavy (non-hydrogen) atoms. The molecule has 0 radical (unpaired) electrons. The number of hydrogen-bond donors (Lipinski definition) is 2. The molecule has 2 N–H and O–H groups in total. The van der Waals surface area contributed by atoms with Crippen molar-refractivity contribution in [3.63, 3.8) is 0 Å². The van der Waals surface area contributed by atoms with Gasteiger partial charge in [-0.3, -0.25) is 9.59 Å². The maximum Gasteiger partial charge on any atom is 0.310 e. The van der Waals surface area contributed by atoms with Gasteiger partial charge in [0.1, 0.15) is 0 Å². The number of hydrogen-bond acceptors (Lipinski definition) is 2. The highest BCUT2D eigenvalue weighted by molar-refractivity contribution is 9.10. The molecule has 98 valence electrons. The van der Waals surface area contributed by atoms with Crippen LogP contribution in [0.15, 0.2) is 22.7 Å². The molecule has 0 unspecified atom stereocenters. The first-order valence-electron chi connectivity index (χ1n) is 5.52. The average molecular weight is 314 g/mol. The molecule has 1 aromatic carbocycles. The summed E-state index contributed by atoms with van der Waals surface area (Å²) in [6, 6.07) is 5.34. The highest BCUT2D eigenvalue weighted by Crippen LogP contribution is 2.17. The van der Waals surface area contributed by atoms with Crippen LogP contribution < -0.4 is 5.32 Å². The third-order valence-corrected chi connectivity index (χ3v) is 3.20. The maximum atomic E-state index is 11.9. The number of amides is 1. The minimum absolute atomic E-state index is 0.0939. The Balaban J connectivity index is 2.75. The lowest BCUT2D eigenvalue weighted by Gasteiger charge is -2.19. The van der Waals surface area contributed by atoms with E-state index in [1.807, 2.05) is 13.0 Å². The normalized spacial score (nSPS) is 11.1. The van der Waals surface area contributed by atoms with Crippen molar-refractivity contribution in [3.8, 4) is 0 Å². The number of carboxylic acids is 1. The Morgan fingerprint density at radius 1 is 1.39 bits per heavy atom. The zero-order valence-electron chi connectivity index (χ0n) is 10.6. The summed E-state index contributed by atoms with van der Waals surface area (Å²) >= 11 is 3.33. The molecule has 0 atom stereocenters. The number of rotatable bonds is 4. The summed E-state index contributed by atoms with van der Waals surface area (Å²) in [7, 11) is 0. The van der Waals surface area contributed by atoms with Crippen LogP contribution >= 0.6 is 15.9 Å². The Bertz CT molecular complexity index is 483. The number of nitrogens with one attached hydrogen (secondary N) is 1. The first-order valence-corrected chi connectivity index (χ1v) is 6.31. The Kier molecular flexibility index (Phi) is 4.51.